The van der Waals surface area contributed by atoms with Gasteiger partial charge in [-0.25, -0.2) is 4.79 Å². The molecule has 0 fully saturated rings. The summed E-state index contributed by atoms with van der Waals surface area (Å²) in [6.45, 7) is -3.46. The molecule has 0 spiro atoms. The molecule has 0 heterocycles. The maximum atomic E-state index is 12.0. The summed E-state index contributed by atoms with van der Waals surface area (Å²) in [5.41, 5.74) is 0.459. The number of amides is 1. The molecule has 2 rings (SSSR count). The SMILES string of the molecule is O=C(COC(=O)c1cc(Br)ccc1Cl)Nc1ccc(OC(F)F)cc1. The Morgan fingerprint density at radius 3 is 2.48 bits per heavy atom. The molecule has 25 heavy (non-hydrogen) atoms. The highest BCUT2D eigenvalue weighted by Crippen LogP contribution is 2.22. The van der Waals surface area contributed by atoms with Crippen molar-refractivity contribution in [1.82, 2.24) is 0 Å². The summed E-state index contributed by atoms with van der Waals surface area (Å²) in [6.07, 6.45) is 0. The number of hydrogen-bond donors (Lipinski definition) is 1. The number of benzene rings is 2. The normalized spacial score (nSPS) is 10.4. The first-order valence-electron chi connectivity index (χ1n) is 6.82. The zero-order valence-corrected chi connectivity index (χ0v) is 14.8. The summed E-state index contributed by atoms with van der Waals surface area (Å²) in [5.74, 6) is -1.38. The van der Waals surface area contributed by atoms with Crippen molar-refractivity contribution in [3.05, 3.63) is 57.5 Å². The predicted octanol–water partition coefficient (Wildman–Crippen LogP) is 4.50. The third kappa shape index (κ3) is 5.99. The van der Waals surface area contributed by atoms with Gasteiger partial charge in [0.25, 0.3) is 5.91 Å². The molecular formula is C16H11BrClF2NO4. The van der Waals surface area contributed by atoms with Crippen LogP contribution in [-0.2, 0) is 9.53 Å². The molecule has 1 amide bonds. The minimum atomic E-state index is -2.93. The predicted molar refractivity (Wildman–Crippen MR) is 91.1 cm³/mol. The van der Waals surface area contributed by atoms with E-state index in [-0.39, 0.29) is 16.3 Å². The van der Waals surface area contributed by atoms with E-state index in [1.165, 1.54) is 36.4 Å². The van der Waals surface area contributed by atoms with Crippen LogP contribution in [0, 0.1) is 0 Å². The molecule has 0 unspecified atom stereocenters. The van der Waals surface area contributed by atoms with E-state index in [9.17, 15) is 18.4 Å². The molecule has 0 aliphatic heterocycles. The molecule has 0 aliphatic carbocycles. The first-order valence-corrected chi connectivity index (χ1v) is 7.99. The lowest BCUT2D eigenvalue weighted by Gasteiger charge is -2.09. The zero-order chi connectivity index (χ0) is 18.4. The quantitative estimate of drug-likeness (QED) is 0.680. The molecule has 0 aliphatic rings. The molecule has 0 bridgehead atoms. The first kappa shape index (κ1) is 19.1. The number of nitrogens with one attached hydrogen (secondary N) is 1. The number of halogens is 4. The second kappa shape index (κ2) is 8.77. The van der Waals surface area contributed by atoms with Gasteiger partial charge in [0.05, 0.1) is 10.6 Å². The highest BCUT2D eigenvalue weighted by Gasteiger charge is 2.14. The Morgan fingerprint density at radius 1 is 1.16 bits per heavy atom. The van der Waals surface area contributed by atoms with Crippen LogP contribution < -0.4 is 10.1 Å². The fourth-order valence-corrected chi connectivity index (χ4v) is 2.34. The van der Waals surface area contributed by atoms with Crippen LogP contribution in [0.1, 0.15) is 10.4 Å². The number of esters is 1. The van der Waals surface area contributed by atoms with E-state index in [0.717, 1.165) is 0 Å². The summed E-state index contributed by atoms with van der Waals surface area (Å²) in [4.78, 5) is 23.7. The van der Waals surface area contributed by atoms with Gasteiger partial charge < -0.3 is 14.8 Å². The van der Waals surface area contributed by atoms with Crippen LogP contribution in [0.2, 0.25) is 5.02 Å². The van der Waals surface area contributed by atoms with Gasteiger partial charge in [0, 0.05) is 10.2 Å². The molecule has 0 aromatic heterocycles. The molecule has 132 valence electrons. The second-order valence-electron chi connectivity index (χ2n) is 4.65. The van der Waals surface area contributed by atoms with Gasteiger partial charge in [-0.15, -0.1) is 0 Å². The lowest BCUT2D eigenvalue weighted by molar-refractivity contribution is -0.119. The summed E-state index contributed by atoms with van der Waals surface area (Å²) in [5, 5.41) is 2.65. The molecule has 2 aromatic rings. The van der Waals surface area contributed by atoms with Crippen molar-refractivity contribution in [1.29, 1.82) is 0 Å². The number of rotatable bonds is 6. The van der Waals surface area contributed by atoms with Crippen molar-refractivity contribution >= 4 is 45.1 Å². The van der Waals surface area contributed by atoms with Gasteiger partial charge in [0.1, 0.15) is 5.75 Å². The van der Waals surface area contributed by atoms with Gasteiger partial charge in [-0.3, -0.25) is 4.79 Å². The molecular weight excluding hydrogens is 424 g/mol. The van der Waals surface area contributed by atoms with Gasteiger partial charge in [0.15, 0.2) is 6.61 Å². The van der Waals surface area contributed by atoms with E-state index >= 15 is 0 Å². The minimum Gasteiger partial charge on any atom is -0.452 e. The van der Waals surface area contributed by atoms with E-state index in [1.54, 1.807) is 6.07 Å². The zero-order valence-electron chi connectivity index (χ0n) is 12.5. The minimum absolute atomic E-state index is 0.0382. The molecule has 0 atom stereocenters. The maximum Gasteiger partial charge on any atom is 0.387 e. The maximum absolute atomic E-state index is 12.0. The summed E-state index contributed by atoms with van der Waals surface area (Å²) in [7, 11) is 0. The first-order chi connectivity index (χ1) is 11.8. The van der Waals surface area contributed by atoms with E-state index in [1.807, 2.05) is 0 Å². The van der Waals surface area contributed by atoms with Gasteiger partial charge in [-0.2, -0.15) is 8.78 Å². The van der Waals surface area contributed by atoms with Crippen molar-refractivity contribution in [3.63, 3.8) is 0 Å². The molecule has 2 aromatic carbocycles. The summed E-state index contributed by atoms with van der Waals surface area (Å²) >= 11 is 9.11. The highest BCUT2D eigenvalue weighted by molar-refractivity contribution is 9.10. The van der Waals surface area contributed by atoms with Gasteiger partial charge >= 0.3 is 12.6 Å². The van der Waals surface area contributed by atoms with Crippen LogP contribution in [0.3, 0.4) is 0 Å². The largest absolute Gasteiger partial charge is 0.452 e. The van der Waals surface area contributed by atoms with Crippen molar-refractivity contribution < 1.29 is 27.8 Å². The number of anilines is 1. The Morgan fingerprint density at radius 2 is 1.84 bits per heavy atom. The second-order valence-corrected chi connectivity index (χ2v) is 5.97. The molecule has 1 N–H and O–H groups in total. The van der Waals surface area contributed by atoms with Gasteiger partial charge in [-0.05, 0) is 42.5 Å². The van der Waals surface area contributed by atoms with E-state index in [4.69, 9.17) is 16.3 Å². The fourth-order valence-electron chi connectivity index (χ4n) is 1.78. The average molecular weight is 435 g/mol. The molecule has 9 heteroatoms. The van der Waals surface area contributed by atoms with Crippen molar-refractivity contribution in [2.75, 3.05) is 11.9 Å². The van der Waals surface area contributed by atoms with E-state index < -0.39 is 25.1 Å². The summed E-state index contributed by atoms with van der Waals surface area (Å²) in [6, 6.07) is 9.96. The number of alkyl halides is 2. The Bertz CT molecular complexity index is 771. The van der Waals surface area contributed by atoms with Crippen molar-refractivity contribution in [3.8, 4) is 5.75 Å². The van der Waals surface area contributed by atoms with Crippen LogP contribution in [0.15, 0.2) is 46.9 Å². The number of hydrogen-bond acceptors (Lipinski definition) is 4. The fraction of sp³-hybridized carbons (Fsp3) is 0.125. The topological polar surface area (TPSA) is 64.6 Å². The third-order valence-corrected chi connectivity index (χ3v) is 3.67. The van der Waals surface area contributed by atoms with Gasteiger partial charge in [0.2, 0.25) is 0 Å². The Balaban J connectivity index is 1.88. The molecule has 0 saturated heterocycles. The van der Waals surface area contributed by atoms with Crippen LogP contribution >= 0.6 is 27.5 Å². The number of carbonyl (C=O) groups is 2. The lowest BCUT2D eigenvalue weighted by atomic mass is 10.2. The number of carbonyl (C=O) groups excluding carboxylic acids is 2. The van der Waals surface area contributed by atoms with Crippen LogP contribution in [0.4, 0.5) is 14.5 Å². The van der Waals surface area contributed by atoms with Crippen LogP contribution in [0.5, 0.6) is 5.75 Å². The van der Waals surface area contributed by atoms with Crippen LogP contribution in [-0.4, -0.2) is 25.1 Å². The molecule has 5 nitrogen and oxygen atoms in total. The highest BCUT2D eigenvalue weighted by atomic mass is 79.9. The van der Waals surface area contributed by atoms with E-state index in [2.05, 4.69) is 26.0 Å². The lowest BCUT2D eigenvalue weighted by Crippen LogP contribution is -2.21. The molecule has 0 saturated carbocycles. The third-order valence-electron chi connectivity index (χ3n) is 2.85. The van der Waals surface area contributed by atoms with Crippen molar-refractivity contribution in [2.24, 2.45) is 0 Å². The van der Waals surface area contributed by atoms with E-state index in [0.29, 0.717) is 10.2 Å². The standard InChI is InChI=1S/C16H11BrClF2NO4/c17-9-1-6-13(18)12(7-9)15(23)24-8-14(22)21-10-2-4-11(5-3-10)25-16(19)20/h1-7,16H,8H2,(H,21,22). The average Bonchev–Trinajstić information content (AvgIpc) is 2.56. The monoisotopic (exact) mass is 433 g/mol. The smallest absolute Gasteiger partial charge is 0.387 e. The van der Waals surface area contributed by atoms with Gasteiger partial charge in [-0.1, -0.05) is 27.5 Å². The Kier molecular flexibility index (Phi) is 6.72. The molecule has 0 radical (unpaired) electrons. The number of ether oxygens (including phenoxy) is 2. The Labute approximate surface area is 155 Å². The Hall–Kier alpha value is -2.19. The van der Waals surface area contributed by atoms with Crippen LogP contribution in [0.25, 0.3) is 0 Å². The van der Waals surface area contributed by atoms with Crippen molar-refractivity contribution in [2.45, 2.75) is 6.61 Å². The summed E-state index contributed by atoms with van der Waals surface area (Å²) < 4.78 is 33.8.